The minimum atomic E-state index is -1.21. The normalized spacial score (nSPS) is 11.9. The maximum Gasteiger partial charge on any atom is 0.321 e. The third-order valence-electron chi connectivity index (χ3n) is 2.23. The standard InChI is InChI=1S/C11H12ClNO5/c1-2-18-8-4-3-7(5-9(12)11(14)15)10(6-8)13(16)17/h3-4,6,9H,2,5H2,1H3,(H,14,15). The van der Waals surface area contributed by atoms with Crippen LogP contribution in [0, 0.1) is 10.1 Å². The number of rotatable bonds is 6. The van der Waals surface area contributed by atoms with Gasteiger partial charge in [-0.1, -0.05) is 0 Å². The highest BCUT2D eigenvalue weighted by atomic mass is 35.5. The molecule has 18 heavy (non-hydrogen) atoms. The van der Waals surface area contributed by atoms with Crippen molar-refractivity contribution < 1.29 is 19.6 Å². The number of nitro benzene ring substituents is 1. The zero-order chi connectivity index (χ0) is 13.7. The summed E-state index contributed by atoms with van der Waals surface area (Å²) in [4.78, 5) is 20.9. The highest BCUT2D eigenvalue weighted by molar-refractivity contribution is 6.29. The summed E-state index contributed by atoms with van der Waals surface area (Å²) in [6.45, 7) is 2.16. The molecule has 6 nitrogen and oxygen atoms in total. The molecule has 0 bridgehead atoms. The first kappa shape index (κ1) is 14.2. The SMILES string of the molecule is CCOc1ccc(CC(Cl)C(=O)O)c([N+](=O)[O-])c1. The Labute approximate surface area is 108 Å². The van der Waals surface area contributed by atoms with Crippen molar-refractivity contribution in [3.8, 4) is 5.75 Å². The average Bonchev–Trinajstić information content (AvgIpc) is 2.30. The lowest BCUT2D eigenvalue weighted by Crippen LogP contribution is -2.16. The van der Waals surface area contributed by atoms with Crippen molar-refractivity contribution >= 4 is 23.3 Å². The number of aliphatic carboxylic acids is 1. The molecule has 0 spiro atoms. The van der Waals surface area contributed by atoms with E-state index in [1.807, 2.05) is 0 Å². The van der Waals surface area contributed by atoms with Crippen molar-refractivity contribution in [1.29, 1.82) is 0 Å². The molecule has 0 radical (unpaired) electrons. The predicted octanol–water partition coefficient (Wildman–Crippen LogP) is 2.23. The van der Waals surface area contributed by atoms with E-state index in [2.05, 4.69) is 0 Å². The summed E-state index contributed by atoms with van der Waals surface area (Å²) >= 11 is 5.57. The monoisotopic (exact) mass is 273 g/mol. The van der Waals surface area contributed by atoms with Gasteiger partial charge in [0.15, 0.2) is 0 Å². The second-order valence-electron chi connectivity index (χ2n) is 3.49. The van der Waals surface area contributed by atoms with Crippen LogP contribution in [0.2, 0.25) is 0 Å². The van der Waals surface area contributed by atoms with Crippen LogP contribution < -0.4 is 4.74 Å². The summed E-state index contributed by atoms with van der Waals surface area (Å²) in [5.74, 6) is -0.839. The molecule has 0 aliphatic heterocycles. The van der Waals surface area contributed by atoms with E-state index in [-0.39, 0.29) is 17.7 Å². The van der Waals surface area contributed by atoms with Crippen molar-refractivity contribution in [2.75, 3.05) is 6.61 Å². The fourth-order valence-electron chi connectivity index (χ4n) is 1.42. The predicted molar refractivity (Wildman–Crippen MR) is 65.2 cm³/mol. The average molecular weight is 274 g/mol. The van der Waals surface area contributed by atoms with Crippen LogP contribution in [0.4, 0.5) is 5.69 Å². The van der Waals surface area contributed by atoms with Gasteiger partial charge in [-0.25, -0.2) is 0 Å². The van der Waals surface area contributed by atoms with Gasteiger partial charge < -0.3 is 9.84 Å². The highest BCUT2D eigenvalue weighted by Gasteiger charge is 2.21. The van der Waals surface area contributed by atoms with E-state index in [0.717, 1.165) is 0 Å². The Balaban J connectivity index is 3.03. The maximum atomic E-state index is 10.9. The van der Waals surface area contributed by atoms with E-state index < -0.39 is 16.3 Å². The van der Waals surface area contributed by atoms with Crippen LogP contribution in [0.15, 0.2) is 18.2 Å². The number of carboxylic acid groups (broad SMARTS) is 1. The van der Waals surface area contributed by atoms with Gasteiger partial charge >= 0.3 is 5.97 Å². The van der Waals surface area contributed by atoms with E-state index in [1.165, 1.54) is 12.1 Å². The molecule has 0 amide bonds. The maximum absolute atomic E-state index is 10.9. The number of hydrogen-bond acceptors (Lipinski definition) is 4. The lowest BCUT2D eigenvalue weighted by Gasteiger charge is -2.08. The first-order valence-electron chi connectivity index (χ1n) is 5.22. The van der Waals surface area contributed by atoms with E-state index >= 15 is 0 Å². The molecule has 98 valence electrons. The molecule has 0 saturated heterocycles. The zero-order valence-electron chi connectivity index (χ0n) is 9.63. The number of ether oxygens (including phenoxy) is 1. The third-order valence-corrected chi connectivity index (χ3v) is 2.57. The van der Waals surface area contributed by atoms with Crippen LogP contribution >= 0.6 is 11.6 Å². The number of halogens is 1. The summed E-state index contributed by atoms with van der Waals surface area (Å²) in [5, 5.41) is 18.4. The van der Waals surface area contributed by atoms with Crippen LogP contribution in [0.5, 0.6) is 5.75 Å². The van der Waals surface area contributed by atoms with Gasteiger partial charge in [-0.05, 0) is 19.1 Å². The molecular weight excluding hydrogens is 262 g/mol. The molecule has 1 rings (SSSR count). The Kier molecular flexibility index (Phi) is 4.91. The zero-order valence-corrected chi connectivity index (χ0v) is 10.4. The fraction of sp³-hybridized carbons (Fsp3) is 0.364. The summed E-state index contributed by atoms with van der Waals surface area (Å²) in [6, 6.07) is 4.28. The van der Waals surface area contributed by atoms with Gasteiger partial charge in [0.1, 0.15) is 11.1 Å². The second-order valence-corrected chi connectivity index (χ2v) is 4.02. The van der Waals surface area contributed by atoms with Gasteiger partial charge in [-0.3, -0.25) is 14.9 Å². The molecule has 1 aromatic carbocycles. The van der Waals surface area contributed by atoms with Gasteiger partial charge in [0.2, 0.25) is 0 Å². The summed E-state index contributed by atoms with van der Waals surface area (Å²) in [5.41, 5.74) is 0.0821. The van der Waals surface area contributed by atoms with Gasteiger partial charge in [0.05, 0.1) is 17.6 Å². The number of carbonyl (C=O) groups is 1. The number of nitro groups is 1. The molecule has 7 heteroatoms. The summed E-state index contributed by atoms with van der Waals surface area (Å²) in [7, 11) is 0. The Morgan fingerprint density at radius 1 is 1.61 bits per heavy atom. The lowest BCUT2D eigenvalue weighted by atomic mass is 10.1. The van der Waals surface area contributed by atoms with E-state index in [4.69, 9.17) is 21.4 Å². The van der Waals surface area contributed by atoms with E-state index in [1.54, 1.807) is 13.0 Å². The second kappa shape index (κ2) is 6.20. The molecule has 0 aromatic heterocycles. The van der Waals surface area contributed by atoms with Crippen LogP contribution in [0.25, 0.3) is 0 Å². The van der Waals surface area contributed by atoms with Crippen LogP contribution in [0.1, 0.15) is 12.5 Å². The first-order valence-corrected chi connectivity index (χ1v) is 5.66. The Bertz CT molecular complexity index is 463. The molecule has 1 aromatic rings. The molecular formula is C11H12ClNO5. The Hall–Kier alpha value is -1.82. The quantitative estimate of drug-likeness (QED) is 0.488. The minimum Gasteiger partial charge on any atom is -0.494 e. The summed E-state index contributed by atoms with van der Waals surface area (Å²) in [6.07, 6.45) is -0.112. The van der Waals surface area contributed by atoms with Gasteiger partial charge in [-0.15, -0.1) is 11.6 Å². The first-order chi connectivity index (χ1) is 8.45. The number of hydrogen-bond donors (Lipinski definition) is 1. The molecule has 1 atom stereocenters. The molecule has 0 aliphatic carbocycles. The number of nitrogens with zero attached hydrogens (tertiary/aromatic N) is 1. The number of carboxylic acids is 1. The van der Waals surface area contributed by atoms with E-state index in [9.17, 15) is 14.9 Å². The Morgan fingerprint density at radius 3 is 2.78 bits per heavy atom. The van der Waals surface area contributed by atoms with Crippen molar-refractivity contribution in [2.45, 2.75) is 18.7 Å². The molecule has 1 unspecified atom stereocenters. The molecule has 0 heterocycles. The van der Waals surface area contributed by atoms with Crippen LogP contribution in [-0.4, -0.2) is 28.0 Å². The van der Waals surface area contributed by atoms with Crippen LogP contribution in [-0.2, 0) is 11.2 Å². The number of benzene rings is 1. The topological polar surface area (TPSA) is 89.7 Å². The largest absolute Gasteiger partial charge is 0.494 e. The van der Waals surface area contributed by atoms with Crippen molar-refractivity contribution in [2.24, 2.45) is 0 Å². The molecule has 0 saturated carbocycles. The van der Waals surface area contributed by atoms with E-state index in [0.29, 0.717) is 12.4 Å². The van der Waals surface area contributed by atoms with Gasteiger partial charge in [0, 0.05) is 12.0 Å². The molecule has 0 fully saturated rings. The minimum absolute atomic E-state index is 0.112. The summed E-state index contributed by atoms with van der Waals surface area (Å²) < 4.78 is 5.15. The van der Waals surface area contributed by atoms with Crippen molar-refractivity contribution in [3.63, 3.8) is 0 Å². The van der Waals surface area contributed by atoms with Crippen molar-refractivity contribution in [1.82, 2.24) is 0 Å². The Morgan fingerprint density at radius 2 is 2.28 bits per heavy atom. The highest BCUT2D eigenvalue weighted by Crippen LogP contribution is 2.26. The molecule has 1 N–H and O–H groups in total. The van der Waals surface area contributed by atoms with Gasteiger partial charge in [0.25, 0.3) is 5.69 Å². The molecule has 0 aliphatic rings. The van der Waals surface area contributed by atoms with Gasteiger partial charge in [-0.2, -0.15) is 0 Å². The fourth-order valence-corrected chi connectivity index (χ4v) is 1.59. The smallest absolute Gasteiger partial charge is 0.321 e. The lowest BCUT2D eigenvalue weighted by molar-refractivity contribution is -0.385. The number of alkyl halides is 1. The van der Waals surface area contributed by atoms with Crippen molar-refractivity contribution in [3.05, 3.63) is 33.9 Å². The van der Waals surface area contributed by atoms with Crippen LogP contribution in [0.3, 0.4) is 0 Å². The third kappa shape index (κ3) is 3.59.